The van der Waals surface area contributed by atoms with Crippen molar-refractivity contribution in [2.24, 2.45) is 0 Å². The molecule has 0 atom stereocenters. The minimum absolute atomic E-state index is 0.0124. The number of benzene rings is 2. The molecule has 0 bridgehead atoms. The Hall–Kier alpha value is -3.09. The zero-order valence-corrected chi connectivity index (χ0v) is 11.1. The number of hydrogen-bond acceptors (Lipinski definition) is 5. The average molecular weight is 288 g/mol. The molecule has 0 aromatic heterocycles. The summed E-state index contributed by atoms with van der Waals surface area (Å²) in [6.45, 7) is 0. The van der Waals surface area contributed by atoms with Gasteiger partial charge in [-0.15, -0.1) is 0 Å². The van der Waals surface area contributed by atoms with Crippen molar-refractivity contribution >= 4 is 11.6 Å². The third-order valence-corrected chi connectivity index (χ3v) is 2.71. The number of phenolic OH excluding ortho intramolecular Hbond substituents is 1. The van der Waals surface area contributed by atoms with Crippen LogP contribution in [0.15, 0.2) is 42.5 Å². The van der Waals surface area contributed by atoms with Gasteiger partial charge in [0.05, 0.1) is 4.92 Å². The SMILES string of the molecule is CNC(=O)c1ccc(Oc2ccc(O)cc2)c([N+](=O)[O-])c1. The fourth-order valence-corrected chi connectivity index (χ4v) is 1.67. The lowest BCUT2D eigenvalue weighted by atomic mass is 10.1. The van der Waals surface area contributed by atoms with Crippen molar-refractivity contribution in [2.45, 2.75) is 0 Å². The predicted octanol–water partition coefficient (Wildman–Crippen LogP) is 2.45. The highest BCUT2D eigenvalue weighted by molar-refractivity contribution is 5.95. The molecule has 0 saturated carbocycles. The molecule has 0 saturated heterocycles. The van der Waals surface area contributed by atoms with Crippen LogP contribution < -0.4 is 10.1 Å². The van der Waals surface area contributed by atoms with Crippen LogP contribution in [0.4, 0.5) is 5.69 Å². The van der Waals surface area contributed by atoms with E-state index in [1.807, 2.05) is 0 Å². The number of nitro groups is 1. The van der Waals surface area contributed by atoms with Crippen molar-refractivity contribution in [1.82, 2.24) is 5.32 Å². The average Bonchev–Trinajstić information content (AvgIpc) is 2.49. The molecule has 2 aromatic carbocycles. The Labute approximate surface area is 119 Å². The van der Waals surface area contributed by atoms with Crippen LogP contribution in [0.2, 0.25) is 0 Å². The minimum atomic E-state index is -0.623. The molecule has 0 aliphatic rings. The molecule has 7 heteroatoms. The number of carbonyl (C=O) groups is 1. The third kappa shape index (κ3) is 3.27. The number of nitrogens with zero attached hydrogens (tertiary/aromatic N) is 1. The molecule has 21 heavy (non-hydrogen) atoms. The molecule has 0 aliphatic heterocycles. The van der Waals surface area contributed by atoms with Crippen molar-refractivity contribution in [1.29, 1.82) is 0 Å². The monoisotopic (exact) mass is 288 g/mol. The Kier molecular flexibility index (Phi) is 4.03. The Morgan fingerprint density at radius 3 is 2.48 bits per heavy atom. The molecular formula is C14H12N2O5. The first-order valence-electron chi connectivity index (χ1n) is 5.98. The molecule has 0 spiro atoms. The first-order valence-corrected chi connectivity index (χ1v) is 5.98. The maximum Gasteiger partial charge on any atom is 0.312 e. The van der Waals surface area contributed by atoms with Crippen LogP contribution in [0.3, 0.4) is 0 Å². The summed E-state index contributed by atoms with van der Waals surface area (Å²) in [6, 6.07) is 9.70. The summed E-state index contributed by atoms with van der Waals surface area (Å²) in [5.74, 6) is -0.0111. The van der Waals surface area contributed by atoms with E-state index in [4.69, 9.17) is 4.74 Å². The van der Waals surface area contributed by atoms with E-state index in [0.29, 0.717) is 5.75 Å². The van der Waals surface area contributed by atoms with Gasteiger partial charge in [-0.3, -0.25) is 14.9 Å². The normalized spacial score (nSPS) is 9.95. The summed E-state index contributed by atoms with van der Waals surface area (Å²) in [4.78, 5) is 22.0. The van der Waals surface area contributed by atoms with E-state index in [-0.39, 0.29) is 22.7 Å². The van der Waals surface area contributed by atoms with E-state index in [1.165, 1.54) is 43.4 Å². The van der Waals surface area contributed by atoms with Crippen LogP contribution in [0, 0.1) is 10.1 Å². The number of nitro benzene ring substituents is 1. The van der Waals surface area contributed by atoms with Gasteiger partial charge < -0.3 is 15.2 Å². The number of phenols is 1. The second-order valence-electron chi connectivity index (χ2n) is 4.11. The first-order chi connectivity index (χ1) is 10.0. The first kappa shape index (κ1) is 14.3. The quantitative estimate of drug-likeness (QED) is 0.664. The zero-order valence-electron chi connectivity index (χ0n) is 11.1. The van der Waals surface area contributed by atoms with Crippen molar-refractivity contribution < 1.29 is 19.6 Å². The van der Waals surface area contributed by atoms with Gasteiger partial charge in [0.15, 0.2) is 0 Å². The van der Waals surface area contributed by atoms with Gasteiger partial charge >= 0.3 is 5.69 Å². The molecular weight excluding hydrogens is 276 g/mol. The molecule has 2 aromatic rings. The topological polar surface area (TPSA) is 102 Å². The summed E-state index contributed by atoms with van der Waals surface area (Å²) < 4.78 is 5.41. The van der Waals surface area contributed by atoms with E-state index in [9.17, 15) is 20.0 Å². The maximum atomic E-state index is 11.5. The van der Waals surface area contributed by atoms with E-state index in [2.05, 4.69) is 5.32 Å². The fraction of sp³-hybridized carbons (Fsp3) is 0.0714. The van der Waals surface area contributed by atoms with E-state index >= 15 is 0 Å². The van der Waals surface area contributed by atoms with Gasteiger partial charge in [0, 0.05) is 18.7 Å². The Morgan fingerprint density at radius 2 is 1.90 bits per heavy atom. The van der Waals surface area contributed by atoms with Gasteiger partial charge in [0.2, 0.25) is 5.75 Å². The van der Waals surface area contributed by atoms with Gasteiger partial charge in [-0.2, -0.15) is 0 Å². The molecule has 0 radical (unpaired) electrons. The van der Waals surface area contributed by atoms with E-state index < -0.39 is 10.8 Å². The van der Waals surface area contributed by atoms with Crippen LogP contribution in [-0.2, 0) is 0 Å². The molecule has 0 fully saturated rings. The predicted molar refractivity (Wildman–Crippen MR) is 74.7 cm³/mol. The lowest BCUT2D eigenvalue weighted by Gasteiger charge is -2.07. The van der Waals surface area contributed by atoms with Crippen molar-refractivity contribution in [3.05, 3.63) is 58.1 Å². The lowest BCUT2D eigenvalue weighted by molar-refractivity contribution is -0.385. The molecule has 2 rings (SSSR count). The van der Waals surface area contributed by atoms with Gasteiger partial charge in [-0.05, 0) is 36.4 Å². The summed E-state index contributed by atoms with van der Waals surface area (Å²) in [5, 5.41) is 22.7. The number of hydrogen-bond donors (Lipinski definition) is 2. The molecule has 0 aliphatic carbocycles. The van der Waals surface area contributed by atoms with Crippen LogP contribution in [0.5, 0.6) is 17.2 Å². The van der Waals surface area contributed by atoms with Crippen LogP contribution >= 0.6 is 0 Å². The summed E-state index contributed by atoms with van der Waals surface area (Å²) >= 11 is 0. The zero-order chi connectivity index (χ0) is 15.4. The standard InChI is InChI=1S/C14H12N2O5/c1-15-14(18)9-2-7-13(12(8-9)16(19)20)21-11-5-3-10(17)4-6-11/h2-8,17H,1H3,(H,15,18). The number of aromatic hydroxyl groups is 1. The van der Waals surface area contributed by atoms with Crippen LogP contribution in [-0.4, -0.2) is 23.0 Å². The molecule has 108 valence electrons. The molecule has 0 unspecified atom stereocenters. The summed E-state index contributed by atoms with van der Waals surface area (Å²) in [6.07, 6.45) is 0. The third-order valence-electron chi connectivity index (χ3n) is 2.71. The Balaban J connectivity index is 2.36. The van der Waals surface area contributed by atoms with Crippen molar-refractivity contribution in [3.63, 3.8) is 0 Å². The van der Waals surface area contributed by atoms with Crippen molar-refractivity contribution in [3.8, 4) is 17.2 Å². The number of rotatable bonds is 4. The second kappa shape index (κ2) is 5.91. The van der Waals surface area contributed by atoms with E-state index in [0.717, 1.165) is 6.07 Å². The van der Waals surface area contributed by atoms with Gasteiger partial charge in [0.25, 0.3) is 5.91 Å². The fourth-order valence-electron chi connectivity index (χ4n) is 1.67. The molecule has 7 nitrogen and oxygen atoms in total. The minimum Gasteiger partial charge on any atom is -0.508 e. The number of amides is 1. The largest absolute Gasteiger partial charge is 0.508 e. The lowest BCUT2D eigenvalue weighted by Crippen LogP contribution is -2.17. The van der Waals surface area contributed by atoms with Gasteiger partial charge in [0.1, 0.15) is 11.5 Å². The highest BCUT2D eigenvalue weighted by Crippen LogP contribution is 2.32. The molecule has 0 heterocycles. The highest BCUT2D eigenvalue weighted by Gasteiger charge is 2.19. The van der Waals surface area contributed by atoms with Crippen molar-refractivity contribution in [2.75, 3.05) is 7.05 Å². The Morgan fingerprint density at radius 1 is 1.24 bits per heavy atom. The smallest absolute Gasteiger partial charge is 0.312 e. The van der Waals surface area contributed by atoms with Crippen LogP contribution in [0.1, 0.15) is 10.4 Å². The second-order valence-corrected chi connectivity index (χ2v) is 4.11. The number of carbonyl (C=O) groups excluding carboxylic acids is 1. The Bertz CT molecular complexity index is 682. The summed E-state index contributed by atoms with van der Waals surface area (Å²) in [7, 11) is 1.44. The maximum absolute atomic E-state index is 11.5. The van der Waals surface area contributed by atoms with E-state index in [1.54, 1.807) is 0 Å². The number of nitrogens with one attached hydrogen (secondary N) is 1. The number of ether oxygens (including phenoxy) is 1. The van der Waals surface area contributed by atoms with Crippen LogP contribution in [0.25, 0.3) is 0 Å². The highest BCUT2D eigenvalue weighted by atomic mass is 16.6. The van der Waals surface area contributed by atoms with Gasteiger partial charge in [-0.1, -0.05) is 0 Å². The van der Waals surface area contributed by atoms with Gasteiger partial charge in [-0.25, -0.2) is 0 Å². The summed E-state index contributed by atoms with van der Waals surface area (Å²) in [5.41, 5.74) is -0.147. The molecule has 1 amide bonds. The molecule has 2 N–H and O–H groups in total.